The van der Waals surface area contributed by atoms with Gasteiger partial charge in [0.2, 0.25) is 0 Å². The van der Waals surface area contributed by atoms with Crippen molar-refractivity contribution < 1.29 is 9.53 Å². The number of carbonyl (C=O) groups is 1. The van der Waals surface area contributed by atoms with E-state index in [4.69, 9.17) is 4.74 Å². The Kier molecular flexibility index (Phi) is 7.62. The van der Waals surface area contributed by atoms with Crippen LogP contribution in [0.1, 0.15) is 61.7 Å². The summed E-state index contributed by atoms with van der Waals surface area (Å²) in [6.07, 6.45) is 3.90. The highest BCUT2D eigenvalue weighted by atomic mass is 35.5. The van der Waals surface area contributed by atoms with Crippen molar-refractivity contribution in [2.24, 2.45) is 0 Å². The molecule has 1 aromatic heterocycles. The first-order valence-electron chi connectivity index (χ1n) is 9.23. The van der Waals surface area contributed by atoms with E-state index in [1.54, 1.807) is 6.20 Å². The average Bonchev–Trinajstić information content (AvgIpc) is 3.13. The van der Waals surface area contributed by atoms with E-state index < -0.39 is 0 Å². The number of hydrogen-bond acceptors (Lipinski definition) is 5. The summed E-state index contributed by atoms with van der Waals surface area (Å²) in [6, 6.07) is 7.97. The molecule has 1 saturated heterocycles. The van der Waals surface area contributed by atoms with Gasteiger partial charge in [0.05, 0.1) is 24.4 Å². The number of carbonyl (C=O) groups excluding carboxylic acids is 1. The highest BCUT2D eigenvalue weighted by Crippen LogP contribution is 2.20. The molecule has 1 aliphatic rings. The molecule has 2 heterocycles. The molecule has 2 N–H and O–H groups in total. The maximum atomic E-state index is 12.5. The van der Waals surface area contributed by atoms with Crippen molar-refractivity contribution in [3.8, 4) is 5.75 Å². The number of nitrogens with zero attached hydrogens (tertiary/aromatic N) is 3. The minimum atomic E-state index is -0.208. The first kappa shape index (κ1) is 21.2. The molecule has 1 aromatic carbocycles. The SMILES string of the molecule is CC(C)Oc1ccc(C(C)NC(=O)c2cn(C3CCNCC3)nn2)cc1.Cl. The van der Waals surface area contributed by atoms with Crippen LogP contribution in [0.5, 0.6) is 5.75 Å². The lowest BCUT2D eigenvalue weighted by molar-refractivity contribution is 0.0934. The minimum Gasteiger partial charge on any atom is -0.491 e. The van der Waals surface area contributed by atoms with Crippen molar-refractivity contribution in [3.63, 3.8) is 0 Å². The van der Waals surface area contributed by atoms with Crippen LogP contribution in [0, 0.1) is 0 Å². The molecule has 1 unspecified atom stereocenters. The van der Waals surface area contributed by atoms with E-state index >= 15 is 0 Å². The summed E-state index contributed by atoms with van der Waals surface area (Å²) in [5.41, 5.74) is 1.37. The first-order chi connectivity index (χ1) is 12.5. The number of amides is 1. The molecular formula is C19H28ClN5O2. The zero-order valence-corrected chi connectivity index (χ0v) is 16.8. The summed E-state index contributed by atoms with van der Waals surface area (Å²) in [5, 5.41) is 14.5. The van der Waals surface area contributed by atoms with Crippen LogP contribution in [-0.2, 0) is 0 Å². The van der Waals surface area contributed by atoms with Crippen LogP contribution in [-0.4, -0.2) is 40.1 Å². The summed E-state index contributed by atoms with van der Waals surface area (Å²) < 4.78 is 7.46. The Labute approximate surface area is 166 Å². The Bertz CT molecular complexity index is 726. The number of ether oxygens (including phenoxy) is 1. The zero-order chi connectivity index (χ0) is 18.5. The standard InChI is InChI=1S/C19H27N5O2.ClH/c1-13(2)26-17-6-4-15(5-7-17)14(3)21-19(25)18-12-24(23-22-18)16-8-10-20-11-9-16;/h4-7,12-14,16,20H,8-11H2,1-3H3,(H,21,25);1H. The molecular weight excluding hydrogens is 366 g/mol. The number of benzene rings is 1. The lowest BCUT2D eigenvalue weighted by atomic mass is 10.1. The third kappa shape index (κ3) is 5.68. The Morgan fingerprint density at radius 3 is 2.52 bits per heavy atom. The first-order valence-corrected chi connectivity index (χ1v) is 9.23. The van der Waals surface area contributed by atoms with Gasteiger partial charge >= 0.3 is 0 Å². The zero-order valence-electron chi connectivity index (χ0n) is 16.0. The predicted molar refractivity (Wildman–Crippen MR) is 106 cm³/mol. The topological polar surface area (TPSA) is 81.1 Å². The Balaban J connectivity index is 0.00000261. The molecule has 0 radical (unpaired) electrons. The fraction of sp³-hybridized carbons (Fsp3) is 0.526. The van der Waals surface area contributed by atoms with Gasteiger partial charge in [-0.15, -0.1) is 17.5 Å². The van der Waals surface area contributed by atoms with Gasteiger partial charge in [-0.2, -0.15) is 0 Å². The van der Waals surface area contributed by atoms with Crippen molar-refractivity contribution in [1.82, 2.24) is 25.6 Å². The summed E-state index contributed by atoms with van der Waals surface area (Å²) >= 11 is 0. The van der Waals surface area contributed by atoms with Gasteiger partial charge < -0.3 is 15.4 Å². The van der Waals surface area contributed by atoms with Crippen LogP contribution in [0.3, 0.4) is 0 Å². The van der Waals surface area contributed by atoms with Crippen LogP contribution in [0.2, 0.25) is 0 Å². The van der Waals surface area contributed by atoms with E-state index in [0.717, 1.165) is 37.2 Å². The van der Waals surface area contributed by atoms with Crippen molar-refractivity contribution in [2.45, 2.75) is 51.8 Å². The smallest absolute Gasteiger partial charge is 0.273 e. The molecule has 3 rings (SSSR count). The molecule has 1 aliphatic heterocycles. The Hall–Kier alpha value is -2.12. The van der Waals surface area contributed by atoms with Gasteiger partial charge in [-0.3, -0.25) is 4.79 Å². The minimum absolute atomic E-state index is 0. The molecule has 0 aliphatic carbocycles. The maximum Gasteiger partial charge on any atom is 0.273 e. The van der Waals surface area contributed by atoms with E-state index in [1.807, 2.05) is 49.7 Å². The molecule has 27 heavy (non-hydrogen) atoms. The van der Waals surface area contributed by atoms with Crippen LogP contribution in [0.25, 0.3) is 0 Å². The van der Waals surface area contributed by atoms with Crippen LogP contribution >= 0.6 is 12.4 Å². The van der Waals surface area contributed by atoms with E-state index in [0.29, 0.717) is 11.7 Å². The number of hydrogen-bond donors (Lipinski definition) is 2. The van der Waals surface area contributed by atoms with E-state index in [9.17, 15) is 4.79 Å². The molecule has 0 spiro atoms. The van der Waals surface area contributed by atoms with Gasteiger partial charge in [0.25, 0.3) is 5.91 Å². The molecule has 1 atom stereocenters. The third-order valence-corrected chi connectivity index (χ3v) is 4.53. The molecule has 1 amide bonds. The van der Waals surface area contributed by atoms with Crippen molar-refractivity contribution >= 4 is 18.3 Å². The van der Waals surface area contributed by atoms with Gasteiger partial charge in [0.15, 0.2) is 5.69 Å². The molecule has 0 saturated carbocycles. The second-order valence-electron chi connectivity index (χ2n) is 7.00. The van der Waals surface area contributed by atoms with Gasteiger partial charge in [0, 0.05) is 0 Å². The molecule has 1 fully saturated rings. The third-order valence-electron chi connectivity index (χ3n) is 4.53. The second-order valence-corrected chi connectivity index (χ2v) is 7.00. The van der Waals surface area contributed by atoms with E-state index in [1.165, 1.54) is 0 Å². The highest BCUT2D eigenvalue weighted by molar-refractivity contribution is 5.92. The van der Waals surface area contributed by atoms with Gasteiger partial charge in [-0.1, -0.05) is 17.3 Å². The van der Waals surface area contributed by atoms with Crippen LogP contribution < -0.4 is 15.4 Å². The Morgan fingerprint density at radius 1 is 1.22 bits per heavy atom. The summed E-state index contributed by atoms with van der Waals surface area (Å²) in [5.74, 6) is 0.618. The molecule has 148 valence electrons. The monoisotopic (exact) mass is 393 g/mol. The van der Waals surface area contributed by atoms with Crippen LogP contribution in [0.15, 0.2) is 30.5 Å². The van der Waals surface area contributed by atoms with Crippen molar-refractivity contribution in [3.05, 3.63) is 41.7 Å². The fourth-order valence-corrected chi connectivity index (χ4v) is 3.09. The molecule has 7 nitrogen and oxygen atoms in total. The number of halogens is 1. The lowest BCUT2D eigenvalue weighted by Gasteiger charge is -2.22. The van der Waals surface area contributed by atoms with Gasteiger partial charge in [0.1, 0.15) is 5.75 Å². The summed E-state index contributed by atoms with van der Waals surface area (Å²) in [7, 11) is 0. The average molecular weight is 394 g/mol. The highest BCUT2D eigenvalue weighted by Gasteiger charge is 2.20. The van der Waals surface area contributed by atoms with Gasteiger partial charge in [-0.05, 0) is 64.4 Å². The van der Waals surface area contributed by atoms with E-state index in [-0.39, 0.29) is 30.5 Å². The van der Waals surface area contributed by atoms with Crippen molar-refractivity contribution in [1.29, 1.82) is 0 Å². The normalized spacial score (nSPS) is 15.9. The predicted octanol–water partition coefficient (Wildman–Crippen LogP) is 2.90. The Morgan fingerprint density at radius 2 is 1.89 bits per heavy atom. The second kappa shape index (κ2) is 9.71. The molecule has 2 aromatic rings. The lowest BCUT2D eigenvalue weighted by Crippen LogP contribution is -2.29. The largest absolute Gasteiger partial charge is 0.491 e. The number of rotatable bonds is 6. The van der Waals surface area contributed by atoms with Crippen molar-refractivity contribution in [2.75, 3.05) is 13.1 Å². The number of piperidine rings is 1. The number of aromatic nitrogens is 3. The summed E-state index contributed by atoms with van der Waals surface area (Å²) in [6.45, 7) is 7.88. The van der Waals surface area contributed by atoms with Crippen LogP contribution in [0.4, 0.5) is 0 Å². The quantitative estimate of drug-likeness (QED) is 0.788. The maximum absolute atomic E-state index is 12.5. The fourth-order valence-electron chi connectivity index (χ4n) is 3.09. The summed E-state index contributed by atoms with van der Waals surface area (Å²) in [4.78, 5) is 12.5. The molecule has 0 bridgehead atoms. The number of nitrogens with one attached hydrogen (secondary N) is 2. The van der Waals surface area contributed by atoms with E-state index in [2.05, 4.69) is 20.9 Å². The molecule has 8 heteroatoms. The van der Waals surface area contributed by atoms with Gasteiger partial charge in [-0.25, -0.2) is 4.68 Å².